The molecular formula is C15H17N5. The number of nitrogen functional groups attached to an aromatic ring is 1. The summed E-state index contributed by atoms with van der Waals surface area (Å²) >= 11 is 0. The Morgan fingerprint density at radius 3 is 2.95 bits per heavy atom. The van der Waals surface area contributed by atoms with Crippen LogP contribution in [-0.2, 0) is 6.42 Å². The van der Waals surface area contributed by atoms with Gasteiger partial charge < -0.3 is 16.0 Å². The molecule has 0 bridgehead atoms. The number of hydrogen-bond acceptors (Lipinski definition) is 4. The third-order valence-electron chi connectivity index (χ3n) is 3.15. The first kappa shape index (κ1) is 12.5. The maximum absolute atomic E-state index is 5.91. The molecule has 0 unspecified atom stereocenters. The van der Waals surface area contributed by atoms with Crippen LogP contribution in [-0.4, -0.2) is 21.5 Å². The van der Waals surface area contributed by atoms with Crippen LogP contribution in [0.2, 0.25) is 0 Å². The van der Waals surface area contributed by atoms with Crippen molar-refractivity contribution in [3.05, 3.63) is 47.9 Å². The van der Waals surface area contributed by atoms with Gasteiger partial charge in [0.25, 0.3) is 0 Å². The van der Waals surface area contributed by atoms with E-state index in [2.05, 4.69) is 20.3 Å². The van der Waals surface area contributed by atoms with Gasteiger partial charge in [0, 0.05) is 19.2 Å². The predicted molar refractivity (Wildman–Crippen MR) is 81.7 cm³/mol. The number of fused-ring (bicyclic) bond motifs is 1. The van der Waals surface area contributed by atoms with E-state index in [9.17, 15) is 0 Å². The van der Waals surface area contributed by atoms with Gasteiger partial charge in [-0.15, -0.1) is 0 Å². The zero-order chi connectivity index (χ0) is 13.9. The summed E-state index contributed by atoms with van der Waals surface area (Å²) in [7, 11) is 0. The number of nitrogens with one attached hydrogen (secondary N) is 2. The van der Waals surface area contributed by atoms with Crippen molar-refractivity contribution < 1.29 is 0 Å². The van der Waals surface area contributed by atoms with Crippen LogP contribution in [0.4, 0.5) is 11.5 Å². The molecule has 5 nitrogen and oxygen atoms in total. The Kier molecular flexibility index (Phi) is 3.25. The lowest BCUT2D eigenvalue weighted by Crippen LogP contribution is -2.09. The molecule has 102 valence electrons. The van der Waals surface area contributed by atoms with Gasteiger partial charge in [0.2, 0.25) is 0 Å². The normalized spacial score (nSPS) is 10.8. The Morgan fingerprint density at radius 2 is 2.15 bits per heavy atom. The summed E-state index contributed by atoms with van der Waals surface area (Å²) in [5.41, 5.74) is 9.71. The van der Waals surface area contributed by atoms with Crippen LogP contribution in [0.5, 0.6) is 0 Å². The largest absolute Gasteiger partial charge is 0.396 e. The van der Waals surface area contributed by atoms with Crippen LogP contribution in [0.3, 0.4) is 0 Å². The van der Waals surface area contributed by atoms with Crippen LogP contribution in [0.25, 0.3) is 11.0 Å². The maximum atomic E-state index is 5.91. The van der Waals surface area contributed by atoms with E-state index in [0.29, 0.717) is 5.69 Å². The fraction of sp³-hybridized carbons (Fsp3) is 0.200. The average molecular weight is 267 g/mol. The predicted octanol–water partition coefficient (Wildman–Crippen LogP) is 2.50. The molecule has 0 fully saturated rings. The number of hydrogen-bond donors (Lipinski definition) is 3. The Hall–Kier alpha value is -2.56. The number of aromatic nitrogens is 3. The van der Waals surface area contributed by atoms with Crippen molar-refractivity contribution in [2.45, 2.75) is 13.3 Å². The van der Waals surface area contributed by atoms with Gasteiger partial charge in [-0.05, 0) is 30.7 Å². The van der Waals surface area contributed by atoms with Gasteiger partial charge in [0.15, 0.2) is 0 Å². The molecule has 0 amide bonds. The topological polar surface area (TPSA) is 79.6 Å². The van der Waals surface area contributed by atoms with Gasteiger partial charge in [0.1, 0.15) is 11.6 Å². The number of para-hydroxylation sites is 2. The SMILES string of the molecule is Cc1cnc(NCCc2nc3ccccc3[nH]2)c(N)c1. The van der Waals surface area contributed by atoms with E-state index >= 15 is 0 Å². The van der Waals surface area contributed by atoms with Crippen LogP contribution in [0.1, 0.15) is 11.4 Å². The van der Waals surface area contributed by atoms with Crippen LogP contribution < -0.4 is 11.1 Å². The minimum absolute atomic E-state index is 0.676. The summed E-state index contributed by atoms with van der Waals surface area (Å²) in [6.07, 6.45) is 2.60. The first-order valence-corrected chi connectivity index (χ1v) is 6.62. The number of pyridine rings is 1. The molecule has 0 saturated heterocycles. The van der Waals surface area contributed by atoms with Crippen molar-refractivity contribution in [1.82, 2.24) is 15.0 Å². The quantitative estimate of drug-likeness (QED) is 0.678. The van der Waals surface area contributed by atoms with Crippen molar-refractivity contribution in [2.24, 2.45) is 0 Å². The number of aryl methyl sites for hydroxylation is 1. The minimum atomic E-state index is 0.676. The second-order valence-corrected chi connectivity index (χ2v) is 4.83. The van der Waals surface area contributed by atoms with Crippen LogP contribution in [0, 0.1) is 6.92 Å². The smallest absolute Gasteiger partial charge is 0.149 e. The zero-order valence-corrected chi connectivity index (χ0v) is 11.4. The first-order chi connectivity index (χ1) is 9.72. The van der Waals surface area contributed by atoms with Crippen molar-refractivity contribution in [1.29, 1.82) is 0 Å². The molecule has 5 heteroatoms. The standard InChI is InChI=1S/C15H17N5/c1-10-8-11(16)15(18-9-10)17-7-6-14-19-12-4-2-3-5-13(12)20-14/h2-5,8-9H,6-7,16H2,1H3,(H,17,18)(H,19,20). The molecule has 2 aromatic heterocycles. The molecule has 0 saturated carbocycles. The van der Waals surface area contributed by atoms with Crippen LogP contribution in [0.15, 0.2) is 36.5 Å². The van der Waals surface area contributed by atoms with Gasteiger partial charge in [-0.25, -0.2) is 9.97 Å². The third kappa shape index (κ3) is 2.56. The van der Waals surface area contributed by atoms with Crippen molar-refractivity contribution in [2.75, 3.05) is 17.6 Å². The molecule has 20 heavy (non-hydrogen) atoms. The summed E-state index contributed by atoms with van der Waals surface area (Å²) in [6, 6.07) is 9.93. The molecule has 1 aromatic carbocycles. The third-order valence-corrected chi connectivity index (χ3v) is 3.15. The number of imidazole rings is 1. The molecule has 2 heterocycles. The van der Waals surface area contributed by atoms with Gasteiger partial charge in [-0.3, -0.25) is 0 Å². The Bertz CT molecular complexity index is 699. The summed E-state index contributed by atoms with van der Waals surface area (Å²) in [5, 5.41) is 3.24. The second kappa shape index (κ2) is 5.21. The van der Waals surface area contributed by atoms with Crippen LogP contribution >= 0.6 is 0 Å². The fourth-order valence-electron chi connectivity index (χ4n) is 2.16. The summed E-state index contributed by atoms with van der Waals surface area (Å²) in [6.45, 7) is 2.71. The second-order valence-electron chi connectivity index (χ2n) is 4.83. The van der Waals surface area contributed by atoms with E-state index < -0.39 is 0 Å². The van der Waals surface area contributed by atoms with E-state index in [1.54, 1.807) is 6.20 Å². The molecule has 0 atom stereocenters. The number of nitrogens with two attached hydrogens (primary N) is 1. The highest BCUT2D eigenvalue weighted by molar-refractivity contribution is 5.74. The molecule has 0 spiro atoms. The van der Waals surface area contributed by atoms with E-state index in [4.69, 9.17) is 5.73 Å². The number of anilines is 2. The summed E-state index contributed by atoms with van der Waals surface area (Å²) < 4.78 is 0. The van der Waals surface area contributed by atoms with Crippen molar-refractivity contribution >= 4 is 22.5 Å². The zero-order valence-electron chi connectivity index (χ0n) is 11.4. The lowest BCUT2D eigenvalue weighted by Gasteiger charge is -2.07. The molecule has 0 radical (unpaired) electrons. The van der Waals surface area contributed by atoms with Crippen molar-refractivity contribution in [3.8, 4) is 0 Å². The van der Waals surface area contributed by atoms with Gasteiger partial charge in [-0.1, -0.05) is 12.1 Å². The molecule has 0 aliphatic carbocycles. The summed E-state index contributed by atoms with van der Waals surface area (Å²) in [5.74, 6) is 1.69. The summed E-state index contributed by atoms with van der Waals surface area (Å²) in [4.78, 5) is 12.1. The number of aromatic amines is 1. The molecule has 3 aromatic rings. The highest BCUT2D eigenvalue weighted by atomic mass is 15.0. The Labute approximate surface area is 117 Å². The average Bonchev–Trinajstić information content (AvgIpc) is 2.84. The number of nitrogens with zero attached hydrogens (tertiary/aromatic N) is 2. The molecule has 0 aliphatic rings. The van der Waals surface area contributed by atoms with E-state index in [-0.39, 0.29) is 0 Å². The number of H-pyrrole nitrogens is 1. The number of benzene rings is 1. The van der Waals surface area contributed by atoms with E-state index in [1.165, 1.54) is 0 Å². The Morgan fingerprint density at radius 1 is 1.30 bits per heavy atom. The highest BCUT2D eigenvalue weighted by Crippen LogP contribution is 2.16. The lowest BCUT2D eigenvalue weighted by molar-refractivity contribution is 0.928. The number of rotatable bonds is 4. The molecule has 0 aliphatic heterocycles. The van der Waals surface area contributed by atoms with E-state index in [1.807, 2.05) is 37.3 Å². The monoisotopic (exact) mass is 267 g/mol. The molecule has 3 rings (SSSR count). The van der Waals surface area contributed by atoms with Gasteiger partial charge in [-0.2, -0.15) is 0 Å². The molecular weight excluding hydrogens is 250 g/mol. The van der Waals surface area contributed by atoms with Gasteiger partial charge >= 0.3 is 0 Å². The van der Waals surface area contributed by atoms with Gasteiger partial charge in [0.05, 0.1) is 16.7 Å². The molecule has 4 N–H and O–H groups in total. The fourth-order valence-corrected chi connectivity index (χ4v) is 2.16. The maximum Gasteiger partial charge on any atom is 0.149 e. The minimum Gasteiger partial charge on any atom is -0.396 e. The van der Waals surface area contributed by atoms with Crippen molar-refractivity contribution in [3.63, 3.8) is 0 Å². The van der Waals surface area contributed by atoms with E-state index in [0.717, 1.165) is 41.2 Å². The highest BCUT2D eigenvalue weighted by Gasteiger charge is 2.03. The lowest BCUT2D eigenvalue weighted by atomic mass is 10.3. The first-order valence-electron chi connectivity index (χ1n) is 6.62. The Balaban J connectivity index is 1.64.